The molecule has 0 bridgehead atoms. The van der Waals surface area contributed by atoms with Crippen molar-refractivity contribution in [3.05, 3.63) is 62.6 Å². The van der Waals surface area contributed by atoms with E-state index in [4.69, 9.17) is 0 Å². The van der Waals surface area contributed by atoms with Crippen molar-refractivity contribution < 1.29 is 4.79 Å². The van der Waals surface area contributed by atoms with Gasteiger partial charge in [-0.15, -0.1) is 0 Å². The van der Waals surface area contributed by atoms with Gasteiger partial charge in [0.1, 0.15) is 0 Å². The Bertz CT molecular complexity index is 808. The maximum Gasteiger partial charge on any atom is 0.267 e. The van der Waals surface area contributed by atoms with E-state index < -0.39 is 0 Å². The number of hydrogen-bond donors (Lipinski definition) is 1. The van der Waals surface area contributed by atoms with Crippen LogP contribution in [0.25, 0.3) is 0 Å². The summed E-state index contributed by atoms with van der Waals surface area (Å²) in [4.78, 5) is 24.1. The smallest absolute Gasteiger partial charge is 0.267 e. The summed E-state index contributed by atoms with van der Waals surface area (Å²) in [7, 11) is 0. The van der Waals surface area contributed by atoms with Crippen molar-refractivity contribution >= 4 is 5.91 Å². The molecule has 0 radical (unpaired) electrons. The minimum atomic E-state index is -0.123. The summed E-state index contributed by atoms with van der Waals surface area (Å²) in [6.45, 7) is 4.78. The Kier molecular flexibility index (Phi) is 4.28. The molecule has 120 valence electrons. The van der Waals surface area contributed by atoms with E-state index in [0.717, 1.165) is 41.6 Å². The van der Waals surface area contributed by atoms with E-state index in [9.17, 15) is 9.59 Å². The molecule has 3 rings (SSSR count). The molecule has 0 saturated carbocycles. The average Bonchev–Trinajstić information content (AvgIpc) is 2.97. The van der Waals surface area contributed by atoms with Gasteiger partial charge in [-0.2, -0.15) is 5.10 Å². The molecule has 0 atom stereocenters. The number of aryl methyl sites for hydroxylation is 4. The summed E-state index contributed by atoms with van der Waals surface area (Å²) in [5.74, 6) is -0.123. The molecule has 1 heterocycles. The summed E-state index contributed by atoms with van der Waals surface area (Å²) in [5, 5.41) is 7.25. The first kappa shape index (κ1) is 15.5. The first-order chi connectivity index (χ1) is 11.0. The SMILES string of the molecule is Cc1ccc(C(=O)NCCn2nc3c(cc2=O)CCC3)cc1C. The molecular weight excluding hydrogens is 290 g/mol. The van der Waals surface area contributed by atoms with Gasteiger partial charge in [0, 0.05) is 18.2 Å². The van der Waals surface area contributed by atoms with Crippen molar-refractivity contribution in [1.82, 2.24) is 15.1 Å². The van der Waals surface area contributed by atoms with Crippen LogP contribution in [0.4, 0.5) is 0 Å². The third-order valence-electron chi connectivity index (χ3n) is 4.40. The molecule has 0 unspecified atom stereocenters. The summed E-state index contributed by atoms with van der Waals surface area (Å²) >= 11 is 0. The van der Waals surface area contributed by atoms with E-state index in [1.807, 2.05) is 32.0 Å². The van der Waals surface area contributed by atoms with Crippen LogP contribution in [-0.2, 0) is 19.4 Å². The molecule has 23 heavy (non-hydrogen) atoms. The van der Waals surface area contributed by atoms with Gasteiger partial charge in [-0.1, -0.05) is 6.07 Å². The number of fused-ring (bicyclic) bond motifs is 1. The van der Waals surface area contributed by atoms with Gasteiger partial charge in [0.25, 0.3) is 11.5 Å². The van der Waals surface area contributed by atoms with Gasteiger partial charge in [0.05, 0.1) is 12.2 Å². The maximum absolute atomic E-state index is 12.2. The van der Waals surface area contributed by atoms with Crippen LogP contribution in [0, 0.1) is 13.8 Å². The molecule has 1 N–H and O–H groups in total. The summed E-state index contributed by atoms with van der Waals surface area (Å²) in [6, 6.07) is 7.32. The average molecular weight is 311 g/mol. The van der Waals surface area contributed by atoms with Gasteiger partial charge in [0.2, 0.25) is 0 Å². The Balaban J connectivity index is 1.62. The van der Waals surface area contributed by atoms with E-state index in [1.54, 1.807) is 6.07 Å². The number of hydrogen-bond acceptors (Lipinski definition) is 3. The molecule has 0 fully saturated rings. The number of benzene rings is 1. The summed E-state index contributed by atoms with van der Waals surface area (Å²) < 4.78 is 1.45. The highest BCUT2D eigenvalue weighted by Gasteiger charge is 2.14. The minimum Gasteiger partial charge on any atom is -0.350 e. The fraction of sp³-hybridized carbons (Fsp3) is 0.389. The quantitative estimate of drug-likeness (QED) is 0.936. The Morgan fingerprint density at radius 2 is 2.04 bits per heavy atom. The highest BCUT2D eigenvalue weighted by molar-refractivity contribution is 5.94. The van der Waals surface area contributed by atoms with Crippen LogP contribution < -0.4 is 10.9 Å². The molecule has 1 aromatic heterocycles. The number of rotatable bonds is 4. The molecule has 1 aromatic carbocycles. The second kappa shape index (κ2) is 6.36. The van der Waals surface area contributed by atoms with Crippen molar-refractivity contribution in [2.45, 2.75) is 39.7 Å². The largest absolute Gasteiger partial charge is 0.350 e. The fourth-order valence-corrected chi connectivity index (χ4v) is 2.86. The van der Waals surface area contributed by atoms with Crippen LogP contribution in [-0.4, -0.2) is 22.2 Å². The van der Waals surface area contributed by atoms with Crippen LogP contribution in [0.15, 0.2) is 29.1 Å². The molecule has 1 amide bonds. The molecule has 0 aliphatic heterocycles. The number of carbonyl (C=O) groups is 1. The second-order valence-electron chi connectivity index (χ2n) is 6.09. The first-order valence-electron chi connectivity index (χ1n) is 8.00. The predicted molar refractivity (Wildman–Crippen MR) is 88.8 cm³/mol. The third kappa shape index (κ3) is 3.33. The van der Waals surface area contributed by atoms with Gasteiger partial charge < -0.3 is 5.32 Å². The lowest BCUT2D eigenvalue weighted by molar-refractivity contribution is 0.0951. The van der Waals surface area contributed by atoms with Crippen LogP contribution in [0.1, 0.15) is 39.2 Å². The Morgan fingerprint density at radius 3 is 2.83 bits per heavy atom. The molecule has 2 aromatic rings. The van der Waals surface area contributed by atoms with Crippen molar-refractivity contribution in [2.75, 3.05) is 6.54 Å². The van der Waals surface area contributed by atoms with E-state index in [0.29, 0.717) is 18.7 Å². The summed E-state index contributed by atoms with van der Waals surface area (Å²) in [5.41, 5.74) is 4.90. The first-order valence-corrected chi connectivity index (χ1v) is 8.00. The topological polar surface area (TPSA) is 64.0 Å². The number of nitrogens with zero attached hydrogens (tertiary/aromatic N) is 2. The molecule has 5 heteroatoms. The second-order valence-corrected chi connectivity index (χ2v) is 6.09. The van der Waals surface area contributed by atoms with Gasteiger partial charge in [-0.05, 0) is 61.9 Å². The Hall–Kier alpha value is -2.43. The van der Waals surface area contributed by atoms with Gasteiger partial charge >= 0.3 is 0 Å². The van der Waals surface area contributed by atoms with Crippen molar-refractivity contribution in [3.63, 3.8) is 0 Å². The Labute approximate surface area is 135 Å². The van der Waals surface area contributed by atoms with Crippen LogP contribution >= 0.6 is 0 Å². The van der Waals surface area contributed by atoms with Gasteiger partial charge in [0.15, 0.2) is 0 Å². The maximum atomic E-state index is 12.2. The zero-order chi connectivity index (χ0) is 16.4. The van der Waals surface area contributed by atoms with Crippen molar-refractivity contribution in [3.8, 4) is 0 Å². The number of aromatic nitrogens is 2. The molecule has 5 nitrogen and oxygen atoms in total. The highest BCUT2D eigenvalue weighted by Crippen LogP contribution is 2.16. The molecular formula is C18H21N3O2. The van der Waals surface area contributed by atoms with E-state index in [-0.39, 0.29) is 11.5 Å². The van der Waals surface area contributed by atoms with Crippen LogP contribution in [0.3, 0.4) is 0 Å². The standard InChI is InChI=1S/C18H21N3O2/c1-12-6-7-15(10-13(12)2)18(23)19-8-9-21-17(22)11-14-4-3-5-16(14)20-21/h6-7,10-11H,3-5,8-9H2,1-2H3,(H,19,23). The van der Waals surface area contributed by atoms with E-state index in [1.165, 1.54) is 4.68 Å². The molecule has 0 saturated heterocycles. The highest BCUT2D eigenvalue weighted by atomic mass is 16.1. The third-order valence-corrected chi connectivity index (χ3v) is 4.40. The number of carbonyl (C=O) groups excluding carboxylic acids is 1. The van der Waals surface area contributed by atoms with Crippen molar-refractivity contribution in [1.29, 1.82) is 0 Å². The molecule has 1 aliphatic rings. The monoisotopic (exact) mass is 311 g/mol. The normalized spacial score (nSPS) is 13.0. The van der Waals surface area contributed by atoms with Crippen molar-refractivity contribution in [2.24, 2.45) is 0 Å². The Morgan fingerprint density at radius 1 is 1.22 bits per heavy atom. The zero-order valence-electron chi connectivity index (χ0n) is 13.6. The predicted octanol–water partition coefficient (Wildman–Crippen LogP) is 1.78. The summed E-state index contributed by atoms with van der Waals surface area (Å²) in [6.07, 6.45) is 2.95. The van der Waals surface area contributed by atoms with E-state index in [2.05, 4.69) is 10.4 Å². The lowest BCUT2D eigenvalue weighted by Crippen LogP contribution is -2.32. The van der Waals surface area contributed by atoms with Gasteiger partial charge in [-0.3, -0.25) is 9.59 Å². The molecule has 0 spiro atoms. The number of nitrogens with one attached hydrogen (secondary N) is 1. The van der Waals surface area contributed by atoms with Crippen LogP contribution in [0.2, 0.25) is 0 Å². The molecule has 1 aliphatic carbocycles. The minimum absolute atomic E-state index is 0.0916. The van der Waals surface area contributed by atoms with Crippen LogP contribution in [0.5, 0.6) is 0 Å². The fourth-order valence-electron chi connectivity index (χ4n) is 2.86. The zero-order valence-corrected chi connectivity index (χ0v) is 13.6. The number of amides is 1. The van der Waals surface area contributed by atoms with E-state index >= 15 is 0 Å². The lowest BCUT2D eigenvalue weighted by Gasteiger charge is -2.09. The van der Waals surface area contributed by atoms with Gasteiger partial charge in [-0.25, -0.2) is 4.68 Å². The lowest BCUT2D eigenvalue weighted by atomic mass is 10.1.